The Hall–Kier alpha value is -1.47. The highest BCUT2D eigenvalue weighted by Gasteiger charge is 2.32. The van der Waals surface area contributed by atoms with Crippen LogP contribution in [0.25, 0.3) is 0 Å². The van der Waals surface area contributed by atoms with E-state index in [0.717, 1.165) is 31.9 Å². The maximum atomic E-state index is 12.9. The van der Waals surface area contributed by atoms with Gasteiger partial charge < -0.3 is 20.9 Å². The van der Waals surface area contributed by atoms with Crippen molar-refractivity contribution in [1.29, 1.82) is 0 Å². The predicted molar refractivity (Wildman–Crippen MR) is 117 cm³/mol. The van der Waals surface area contributed by atoms with E-state index in [1.165, 1.54) is 0 Å². The van der Waals surface area contributed by atoms with Gasteiger partial charge in [-0.25, -0.2) is 0 Å². The van der Waals surface area contributed by atoms with Crippen molar-refractivity contribution in [2.45, 2.75) is 58.2 Å². The smallest absolute Gasteiger partial charge is 0.223 e. The minimum absolute atomic E-state index is 0.00713. The molecule has 0 saturated carbocycles. The normalized spacial score (nSPS) is 19.0. The Bertz CT molecular complexity index is 615. The summed E-state index contributed by atoms with van der Waals surface area (Å²) in [5, 5.41) is 13.8. The Balaban J connectivity index is 1.89. The van der Waals surface area contributed by atoms with Crippen LogP contribution in [0.5, 0.6) is 0 Å². The number of nitrogens with one attached hydrogen (secondary N) is 1. The second kappa shape index (κ2) is 11.1. The van der Waals surface area contributed by atoms with E-state index in [1.807, 2.05) is 44.2 Å². The lowest BCUT2D eigenvalue weighted by Gasteiger charge is -2.41. The number of amides is 1. The van der Waals surface area contributed by atoms with E-state index in [4.69, 9.17) is 10.5 Å². The second-order valence-electron chi connectivity index (χ2n) is 9.14. The van der Waals surface area contributed by atoms with E-state index < -0.39 is 12.1 Å². The molecule has 1 saturated heterocycles. The highest BCUT2D eigenvalue weighted by Crippen LogP contribution is 2.21. The first-order valence-corrected chi connectivity index (χ1v) is 10.8. The lowest BCUT2D eigenvalue weighted by Crippen LogP contribution is -2.56. The van der Waals surface area contributed by atoms with Crippen molar-refractivity contribution in [3.63, 3.8) is 0 Å². The van der Waals surface area contributed by atoms with E-state index in [9.17, 15) is 9.90 Å². The van der Waals surface area contributed by atoms with Crippen LogP contribution in [0.2, 0.25) is 0 Å². The number of ether oxygens (including phenoxy) is 1. The average Bonchev–Trinajstić information content (AvgIpc) is 2.71. The number of nitrogens with two attached hydrogens (primary N) is 1. The fraction of sp³-hybridized carbons (Fsp3) is 0.696. The summed E-state index contributed by atoms with van der Waals surface area (Å²) in [6.07, 6.45) is 0.245. The van der Waals surface area contributed by atoms with Gasteiger partial charge in [0.15, 0.2) is 0 Å². The third-order valence-corrected chi connectivity index (χ3v) is 6.01. The first-order valence-electron chi connectivity index (χ1n) is 10.8. The molecule has 1 fully saturated rings. The van der Waals surface area contributed by atoms with Gasteiger partial charge in [-0.1, -0.05) is 44.2 Å². The molecular weight excluding hydrogens is 366 g/mol. The number of morpholine rings is 1. The van der Waals surface area contributed by atoms with Gasteiger partial charge in [0, 0.05) is 37.1 Å². The molecule has 0 spiro atoms. The minimum atomic E-state index is -0.722. The van der Waals surface area contributed by atoms with Gasteiger partial charge in [-0.05, 0) is 38.2 Å². The molecule has 0 aliphatic carbocycles. The summed E-state index contributed by atoms with van der Waals surface area (Å²) in [5.41, 5.74) is 7.20. The van der Waals surface area contributed by atoms with Gasteiger partial charge in [0.2, 0.25) is 5.91 Å². The molecule has 0 aromatic heterocycles. The molecule has 6 heteroatoms. The van der Waals surface area contributed by atoms with Gasteiger partial charge >= 0.3 is 0 Å². The lowest BCUT2D eigenvalue weighted by atomic mass is 9.86. The molecule has 3 atom stereocenters. The van der Waals surface area contributed by atoms with Gasteiger partial charge in [-0.3, -0.25) is 9.69 Å². The van der Waals surface area contributed by atoms with Gasteiger partial charge in [0.1, 0.15) is 0 Å². The number of aliphatic hydroxyl groups excluding tert-OH is 1. The fourth-order valence-corrected chi connectivity index (χ4v) is 3.85. The summed E-state index contributed by atoms with van der Waals surface area (Å²) < 4.78 is 5.43. The molecule has 0 radical (unpaired) electrons. The molecule has 0 unspecified atom stereocenters. The molecular formula is C23H39N3O3. The zero-order valence-corrected chi connectivity index (χ0v) is 18.4. The summed E-state index contributed by atoms with van der Waals surface area (Å²) in [6, 6.07) is 9.52. The molecule has 1 aromatic rings. The molecule has 1 heterocycles. The van der Waals surface area contributed by atoms with Gasteiger partial charge in [0.25, 0.3) is 0 Å². The third kappa shape index (κ3) is 7.37. The Morgan fingerprint density at radius 1 is 1.24 bits per heavy atom. The maximum Gasteiger partial charge on any atom is 0.223 e. The van der Waals surface area contributed by atoms with E-state index in [-0.39, 0.29) is 23.3 Å². The quantitative estimate of drug-likeness (QED) is 0.553. The zero-order chi connectivity index (χ0) is 21.4. The van der Waals surface area contributed by atoms with Crippen LogP contribution in [-0.2, 0) is 16.0 Å². The van der Waals surface area contributed by atoms with E-state index in [1.54, 1.807) is 0 Å². The van der Waals surface area contributed by atoms with Crippen molar-refractivity contribution in [1.82, 2.24) is 10.2 Å². The standard InChI is InChI=1S/C23H39N3O3/c1-17(2)19(15-21(27)20(24)14-18-8-6-5-7-9-18)22(28)25-16-23(3,4)26-10-12-29-13-11-26/h5-9,17,19-21,27H,10-16,24H2,1-4H3,(H,25,28)/t19-,20-,21-/m0/s1. The number of hydrogen-bond donors (Lipinski definition) is 3. The second-order valence-corrected chi connectivity index (χ2v) is 9.14. The molecule has 1 aliphatic rings. The van der Waals surface area contributed by atoms with Crippen LogP contribution in [0.3, 0.4) is 0 Å². The summed E-state index contributed by atoms with van der Waals surface area (Å²) in [5.74, 6) is -0.153. The summed E-state index contributed by atoms with van der Waals surface area (Å²) >= 11 is 0. The fourth-order valence-electron chi connectivity index (χ4n) is 3.85. The van der Waals surface area contributed by atoms with Crippen molar-refractivity contribution in [3.05, 3.63) is 35.9 Å². The van der Waals surface area contributed by atoms with Crippen LogP contribution < -0.4 is 11.1 Å². The maximum absolute atomic E-state index is 12.9. The van der Waals surface area contributed by atoms with Crippen LogP contribution in [-0.4, -0.2) is 66.4 Å². The number of nitrogens with zero attached hydrogens (tertiary/aromatic N) is 1. The van der Waals surface area contributed by atoms with Crippen LogP contribution in [0.1, 0.15) is 39.7 Å². The van der Waals surface area contributed by atoms with Crippen LogP contribution in [0, 0.1) is 11.8 Å². The van der Waals surface area contributed by atoms with E-state index >= 15 is 0 Å². The topological polar surface area (TPSA) is 87.8 Å². The van der Waals surface area contributed by atoms with E-state index in [2.05, 4.69) is 24.1 Å². The Morgan fingerprint density at radius 2 is 1.86 bits per heavy atom. The zero-order valence-electron chi connectivity index (χ0n) is 18.4. The number of carbonyl (C=O) groups excluding carboxylic acids is 1. The number of rotatable bonds is 10. The van der Waals surface area contributed by atoms with Crippen LogP contribution in [0.15, 0.2) is 30.3 Å². The Morgan fingerprint density at radius 3 is 2.45 bits per heavy atom. The minimum Gasteiger partial charge on any atom is -0.391 e. The molecule has 4 N–H and O–H groups in total. The average molecular weight is 406 g/mol. The van der Waals surface area contributed by atoms with Crippen molar-refractivity contribution in [2.75, 3.05) is 32.8 Å². The number of carbonyl (C=O) groups is 1. The Labute approximate surface area is 175 Å². The summed E-state index contributed by atoms with van der Waals surface area (Å²) in [4.78, 5) is 15.3. The molecule has 1 aliphatic heterocycles. The summed E-state index contributed by atoms with van der Waals surface area (Å²) in [7, 11) is 0. The molecule has 1 aromatic carbocycles. The first-order chi connectivity index (χ1) is 13.7. The van der Waals surface area contributed by atoms with Crippen LogP contribution in [0.4, 0.5) is 0 Å². The van der Waals surface area contributed by atoms with Crippen molar-refractivity contribution in [2.24, 2.45) is 17.6 Å². The molecule has 1 amide bonds. The molecule has 6 nitrogen and oxygen atoms in total. The Kier molecular flexibility index (Phi) is 9.08. The third-order valence-electron chi connectivity index (χ3n) is 6.01. The first kappa shape index (κ1) is 23.8. The monoisotopic (exact) mass is 405 g/mol. The van der Waals surface area contributed by atoms with Crippen molar-refractivity contribution >= 4 is 5.91 Å². The van der Waals surface area contributed by atoms with Crippen molar-refractivity contribution in [3.8, 4) is 0 Å². The number of hydrogen-bond acceptors (Lipinski definition) is 5. The van der Waals surface area contributed by atoms with Gasteiger partial charge in [-0.15, -0.1) is 0 Å². The number of aliphatic hydroxyl groups is 1. The molecule has 29 heavy (non-hydrogen) atoms. The lowest BCUT2D eigenvalue weighted by molar-refractivity contribution is -0.128. The SMILES string of the molecule is CC(C)[C@H](C[C@H](O)[C@@H](N)Cc1ccccc1)C(=O)NCC(C)(C)N1CCOCC1. The van der Waals surface area contributed by atoms with E-state index in [0.29, 0.717) is 19.4 Å². The van der Waals surface area contributed by atoms with Crippen molar-refractivity contribution < 1.29 is 14.6 Å². The number of benzene rings is 1. The highest BCUT2D eigenvalue weighted by atomic mass is 16.5. The highest BCUT2D eigenvalue weighted by molar-refractivity contribution is 5.79. The largest absolute Gasteiger partial charge is 0.391 e. The predicted octanol–water partition coefficient (Wildman–Crippen LogP) is 1.81. The molecule has 0 bridgehead atoms. The van der Waals surface area contributed by atoms with Gasteiger partial charge in [0.05, 0.1) is 19.3 Å². The van der Waals surface area contributed by atoms with Crippen LogP contribution >= 0.6 is 0 Å². The van der Waals surface area contributed by atoms with Gasteiger partial charge in [-0.2, -0.15) is 0 Å². The summed E-state index contributed by atoms with van der Waals surface area (Å²) in [6.45, 7) is 12.1. The molecule has 164 valence electrons. The molecule has 2 rings (SSSR count).